The van der Waals surface area contributed by atoms with E-state index < -0.39 is 11.8 Å². The summed E-state index contributed by atoms with van der Waals surface area (Å²) < 4.78 is 23.6. The molecule has 1 aromatic carbocycles. The van der Waals surface area contributed by atoms with E-state index in [1.165, 1.54) is 19.2 Å². The van der Waals surface area contributed by atoms with Gasteiger partial charge in [0.05, 0.1) is 13.7 Å². The summed E-state index contributed by atoms with van der Waals surface area (Å²) in [5, 5.41) is 0. The van der Waals surface area contributed by atoms with Gasteiger partial charge in [-0.15, -0.1) is 0 Å². The molecule has 0 N–H and O–H groups in total. The number of ether oxygens (including phenoxy) is 2. The average Bonchev–Trinajstić information content (AvgIpc) is 2.16. The Hall–Kier alpha value is -1.10. The summed E-state index contributed by atoms with van der Waals surface area (Å²) in [4.78, 5) is 11.4. The number of carbonyl (C=O) groups excluding carboxylic acids is 1. The van der Waals surface area contributed by atoms with Crippen LogP contribution in [0.3, 0.4) is 0 Å². The summed E-state index contributed by atoms with van der Waals surface area (Å²) in [6.45, 7) is 1.85. The third kappa shape index (κ3) is 2.68. The van der Waals surface area contributed by atoms with Crippen molar-refractivity contribution in [3.05, 3.63) is 28.0 Å². The van der Waals surface area contributed by atoms with E-state index in [1.54, 1.807) is 6.92 Å². The van der Waals surface area contributed by atoms with Gasteiger partial charge in [-0.05, 0) is 19.1 Å². The number of carbonyl (C=O) groups is 1. The molecule has 0 aliphatic carbocycles. The van der Waals surface area contributed by atoms with Gasteiger partial charge in [0.2, 0.25) is 0 Å². The van der Waals surface area contributed by atoms with Gasteiger partial charge in [0.1, 0.15) is 17.1 Å². The van der Waals surface area contributed by atoms with Gasteiger partial charge in [-0.3, -0.25) is 0 Å². The first kappa shape index (κ1) is 12.0. The molecule has 0 aromatic heterocycles. The Bertz CT molecular complexity index is 379. The quantitative estimate of drug-likeness (QED) is 0.797. The van der Waals surface area contributed by atoms with Crippen molar-refractivity contribution in [1.29, 1.82) is 0 Å². The zero-order valence-corrected chi connectivity index (χ0v) is 9.93. The molecule has 5 heteroatoms. The molecule has 82 valence electrons. The molecule has 0 saturated heterocycles. The van der Waals surface area contributed by atoms with E-state index in [4.69, 9.17) is 9.47 Å². The molecule has 0 spiro atoms. The van der Waals surface area contributed by atoms with Crippen LogP contribution >= 0.6 is 15.9 Å². The smallest absolute Gasteiger partial charge is 0.344 e. The largest absolute Gasteiger partial charge is 0.496 e. The molecule has 0 radical (unpaired) electrons. The van der Waals surface area contributed by atoms with Crippen LogP contribution in [0.1, 0.15) is 17.3 Å². The molecule has 0 unspecified atom stereocenters. The molecule has 0 aliphatic heterocycles. The molecule has 0 heterocycles. The Morgan fingerprint density at radius 3 is 2.73 bits per heavy atom. The van der Waals surface area contributed by atoms with E-state index in [2.05, 4.69) is 15.9 Å². The van der Waals surface area contributed by atoms with Crippen molar-refractivity contribution in [2.24, 2.45) is 0 Å². The van der Waals surface area contributed by atoms with Crippen molar-refractivity contribution < 1.29 is 18.7 Å². The fourth-order valence-electron chi connectivity index (χ4n) is 1.11. The third-order valence-electron chi connectivity index (χ3n) is 1.72. The van der Waals surface area contributed by atoms with E-state index in [-0.39, 0.29) is 17.9 Å². The second kappa shape index (κ2) is 5.11. The number of hydrogen-bond donors (Lipinski definition) is 0. The molecule has 0 bridgehead atoms. The van der Waals surface area contributed by atoms with Crippen molar-refractivity contribution in [1.82, 2.24) is 0 Å². The Kier molecular flexibility index (Phi) is 4.08. The van der Waals surface area contributed by atoms with Crippen LogP contribution in [0.25, 0.3) is 0 Å². The van der Waals surface area contributed by atoms with Crippen LogP contribution in [0.2, 0.25) is 0 Å². The molecule has 1 rings (SSSR count). The SMILES string of the molecule is CCOC(=O)c1c(F)cc(Br)cc1OC. The summed E-state index contributed by atoms with van der Waals surface area (Å²) >= 11 is 3.10. The molecular formula is C10H10BrFO3. The molecule has 0 atom stereocenters. The van der Waals surface area contributed by atoms with Crippen molar-refractivity contribution >= 4 is 21.9 Å². The molecular weight excluding hydrogens is 267 g/mol. The second-order valence-electron chi connectivity index (χ2n) is 2.69. The first-order valence-electron chi connectivity index (χ1n) is 4.30. The average molecular weight is 277 g/mol. The fourth-order valence-corrected chi connectivity index (χ4v) is 1.52. The molecule has 3 nitrogen and oxygen atoms in total. The van der Waals surface area contributed by atoms with Gasteiger partial charge >= 0.3 is 5.97 Å². The van der Waals surface area contributed by atoms with Crippen LogP contribution in [0, 0.1) is 5.82 Å². The van der Waals surface area contributed by atoms with E-state index in [1.807, 2.05) is 0 Å². The minimum atomic E-state index is -0.723. The number of methoxy groups -OCH3 is 1. The number of esters is 1. The summed E-state index contributed by atoms with van der Waals surface area (Å²) in [5.41, 5.74) is -0.178. The molecule has 0 amide bonds. The highest BCUT2D eigenvalue weighted by atomic mass is 79.9. The van der Waals surface area contributed by atoms with Crippen LogP contribution in [-0.4, -0.2) is 19.7 Å². The van der Waals surface area contributed by atoms with Crippen LogP contribution in [0.5, 0.6) is 5.75 Å². The summed E-state index contributed by atoms with van der Waals surface area (Å²) in [5.74, 6) is -1.24. The van der Waals surface area contributed by atoms with E-state index in [0.29, 0.717) is 4.47 Å². The van der Waals surface area contributed by atoms with Crippen LogP contribution < -0.4 is 4.74 Å². The molecule has 1 aromatic rings. The van der Waals surface area contributed by atoms with Crippen LogP contribution in [-0.2, 0) is 4.74 Å². The van der Waals surface area contributed by atoms with E-state index in [9.17, 15) is 9.18 Å². The Labute approximate surface area is 95.3 Å². The topological polar surface area (TPSA) is 35.5 Å². The van der Waals surface area contributed by atoms with Gasteiger partial charge in [-0.25, -0.2) is 9.18 Å². The maximum atomic E-state index is 13.5. The number of hydrogen-bond acceptors (Lipinski definition) is 3. The normalized spacial score (nSPS) is 9.87. The van der Waals surface area contributed by atoms with E-state index >= 15 is 0 Å². The minimum absolute atomic E-state index is 0.153. The predicted molar refractivity (Wildman–Crippen MR) is 56.6 cm³/mol. The number of halogens is 2. The Balaban J connectivity index is 3.20. The maximum Gasteiger partial charge on any atom is 0.344 e. The zero-order valence-electron chi connectivity index (χ0n) is 8.34. The van der Waals surface area contributed by atoms with Gasteiger partial charge in [0.25, 0.3) is 0 Å². The monoisotopic (exact) mass is 276 g/mol. The van der Waals surface area contributed by atoms with Crippen LogP contribution in [0.15, 0.2) is 16.6 Å². The van der Waals surface area contributed by atoms with Gasteiger partial charge in [0.15, 0.2) is 0 Å². The van der Waals surface area contributed by atoms with Crippen molar-refractivity contribution in [3.8, 4) is 5.75 Å². The van der Waals surface area contributed by atoms with Gasteiger partial charge in [-0.1, -0.05) is 15.9 Å². The maximum absolute atomic E-state index is 13.5. The third-order valence-corrected chi connectivity index (χ3v) is 2.18. The fraction of sp³-hybridized carbons (Fsp3) is 0.300. The molecule has 0 saturated carbocycles. The lowest BCUT2D eigenvalue weighted by Gasteiger charge is -2.09. The highest BCUT2D eigenvalue weighted by Gasteiger charge is 2.19. The van der Waals surface area contributed by atoms with Gasteiger partial charge < -0.3 is 9.47 Å². The summed E-state index contributed by atoms with van der Waals surface area (Å²) in [6, 6.07) is 2.70. The lowest BCUT2D eigenvalue weighted by Crippen LogP contribution is -2.09. The lowest BCUT2D eigenvalue weighted by molar-refractivity contribution is 0.0517. The van der Waals surface area contributed by atoms with Gasteiger partial charge in [-0.2, -0.15) is 0 Å². The predicted octanol–water partition coefficient (Wildman–Crippen LogP) is 2.77. The van der Waals surface area contributed by atoms with Gasteiger partial charge in [0, 0.05) is 4.47 Å². The highest BCUT2D eigenvalue weighted by Crippen LogP contribution is 2.27. The molecule has 0 aliphatic rings. The first-order valence-corrected chi connectivity index (χ1v) is 5.09. The minimum Gasteiger partial charge on any atom is -0.496 e. The van der Waals surface area contributed by atoms with Crippen LogP contribution in [0.4, 0.5) is 4.39 Å². The number of benzene rings is 1. The number of rotatable bonds is 3. The first-order chi connectivity index (χ1) is 7.10. The standard InChI is InChI=1S/C10H10BrFO3/c1-3-15-10(13)9-7(12)4-6(11)5-8(9)14-2/h4-5H,3H2,1-2H3. The van der Waals surface area contributed by atoms with Crippen molar-refractivity contribution in [3.63, 3.8) is 0 Å². The molecule has 0 fully saturated rings. The molecule has 15 heavy (non-hydrogen) atoms. The summed E-state index contributed by atoms with van der Waals surface area (Å²) in [7, 11) is 1.37. The lowest BCUT2D eigenvalue weighted by atomic mass is 10.2. The Morgan fingerprint density at radius 1 is 1.53 bits per heavy atom. The summed E-state index contributed by atoms with van der Waals surface area (Å²) in [6.07, 6.45) is 0. The zero-order chi connectivity index (χ0) is 11.4. The van der Waals surface area contributed by atoms with E-state index in [0.717, 1.165) is 0 Å². The second-order valence-corrected chi connectivity index (χ2v) is 3.60. The van der Waals surface area contributed by atoms with Crippen molar-refractivity contribution in [2.45, 2.75) is 6.92 Å². The highest BCUT2D eigenvalue weighted by molar-refractivity contribution is 9.10. The van der Waals surface area contributed by atoms with Crippen molar-refractivity contribution in [2.75, 3.05) is 13.7 Å². The Morgan fingerprint density at radius 2 is 2.20 bits per heavy atom.